The van der Waals surface area contributed by atoms with Gasteiger partial charge in [0.15, 0.2) is 0 Å². The van der Waals surface area contributed by atoms with E-state index in [1.165, 1.54) is 19.2 Å². The van der Waals surface area contributed by atoms with Crippen LogP contribution in [0.25, 0.3) is 10.9 Å². The molecule has 0 saturated heterocycles. The Morgan fingerprint density at radius 3 is 2.79 bits per heavy atom. The number of aromatic nitrogens is 1. The number of nitrogens with zero attached hydrogens (tertiary/aromatic N) is 1. The number of para-hydroxylation sites is 1. The third-order valence-corrected chi connectivity index (χ3v) is 5.30. The van der Waals surface area contributed by atoms with Crippen molar-refractivity contribution in [2.24, 2.45) is 5.92 Å². The zero-order valence-electron chi connectivity index (χ0n) is 15.4. The zero-order valence-corrected chi connectivity index (χ0v) is 15.4. The Morgan fingerprint density at radius 1 is 1.25 bits per heavy atom. The van der Waals surface area contributed by atoms with Crippen LogP contribution in [0.4, 0.5) is 4.39 Å². The summed E-state index contributed by atoms with van der Waals surface area (Å²) in [4.78, 5) is 17.4. The van der Waals surface area contributed by atoms with Crippen molar-refractivity contribution in [1.29, 1.82) is 0 Å². The van der Waals surface area contributed by atoms with Crippen LogP contribution in [0.2, 0.25) is 0 Å². The van der Waals surface area contributed by atoms with E-state index in [1.54, 1.807) is 12.3 Å². The van der Waals surface area contributed by atoms with Crippen molar-refractivity contribution >= 4 is 16.8 Å². The fourth-order valence-corrected chi connectivity index (χ4v) is 3.74. The lowest BCUT2D eigenvalue weighted by Gasteiger charge is -2.38. The summed E-state index contributed by atoms with van der Waals surface area (Å²) in [6.07, 6.45) is 2.51. The van der Waals surface area contributed by atoms with Crippen LogP contribution < -0.4 is 10.1 Å². The van der Waals surface area contributed by atoms with Gasteiger partial charge < -0.3 is 15.2 Å². The van der Waals surface area contributed by atoms with E-state index in [0.29, 0.717) is 12.8 Å². The first-order valence-electron chi connectivity index (χ1n) is 9.23. The highest BCUT2D eigenvalue weighted by molar-refractivity contribution is 5.97. The number of fused-ring (bicyclic) bond motifs is 1. The van der Waals surface area contributed by atoms with Crippen molar-refractivity contribution in [2.45, 2.75) is 25.0 Å². The average molecular weight is 380 g/mol. The molecule has 28 heavy (non-hydrogen) atoms. The molecular formula is C22H21FN2O3. The van der Waals surface area contributed by atoms with Crippen LogP contribution in [0.3, 0.4) is 0 Å². The molecule has 6 heteroatoms. The first-order valence-corrected chi connectivity index (χ1v) is 9.23. The van der Waals surface area contributed by atoms with Crippen molar-refractivity contribution in [2.75, 3.05) is 7.11 Å². The molecule has 5 nitrogen and oxygen atoms in total. The van der Waals surface area contributed by atoms with E-state index in [4.69, 9.17) is 4.74 Å². The van der Waals surface area contributed by atoms with Gasteiger partial charge in [0.1, 0.15) is 17.1 Å². The summed E-state index contributed by atoms with van der Waals surface area (Å²) in [5.41, 5.74) is 1.57. The quantitative estimate of drug-likeness (QED) is 0.709. The van der Waals surface area contributed by atoms with Crippen LogP contribution in [0.5, 0.6) is 5.75 Å². The molecule has 1 aromatic heterocycles. The molecule has 4 rings (SSSR count). The van der Waals surface area contributed by atoms with Crippen LogP contribution in [0, 0.1) is 11.7 Å². The smallest absolute Gasteiger partial charge is 0.258 e. The van der Waals surface area contributed by atoms with E-state index >= 15 is 0 Å². The average Bonchev–Trinajstić information content (AvgIpc) is 2.69. The second-order valence-corrected chi connectivity index (χ2v) is 7.11. The number of ether oxygens (including phenoxy) is 1. The summed E-state index contributed by atoms with van der Waals surface area (Å²) in [6, 6.07) is 13.6. The lowest BCUT2D eigenvalue weighted by molar-refractivity contribution is 0.0234. The Bertz CT molecular complexity index is 1020. The van der Waals surface area contributed by atoms with Gasteiger partial charge in [-0.05, 0) is 48.6 Å². The summed E-state index contributed by atoms with van der Waals surface area (Å²) in [5, 5.41) is 13.7. The number of methoxy groups -OCH3 is 1. The van der Waals surface area contributed by atoms with Crippen LogP contribution in [-0.2, 0) is 0 Å². The van der Waals surface area contributed by atoms with Gasteiger partial charge in [-0.3, -0.25) is 9.78 Å². The van der Waals surface area contributed by atoms with Crippen molar-refractivity contribution in [1.82, 2.24) is 10.3 Å². The van der Waals surface area contributed by atoms with Crippen molar-refractivity contribution in [3.8, 4) is 5.75 Å². The molecule has 3 aromatic rings. The Hall–Kier alpha value is -2.99. The lowest BCUT2D eigenvalue weighted by atomic mass is 9.75. The number of halogens is 1. The number of aliphatic hydroxyl groups is 1. The highest BCUT2D eigenvalue weighted by atomic mass is 19.1. The topological polar surface area (TPSA) is 71.5 Å². The Kier molecular flexibility index (Phi) is 4.96. The molecule has 1 amide bonds. The number of hydrogen-bond acceptors (Lipinski definition) is 4. The lowest BCUT2D eigenvalue weighted by Crippen LogP contribution is -2.41. The third kappa shape index (κ3) is 3.43. The Labute approximate surface area is 162 Å². The standard InChI is InChI=1S/C22H21FN2O3/c1-28-19-8-4-6-17(23)20(19)22(27)25-21(14-10-16(26)11-14)15-9-13-5-2-3-7-18(13)24-12-15/h2-9,12,14,16,21,26H,10-11H2,1H3,(H,25,27)/t14?,16?,21-/m0/s1. The molecule has 1 atom stereocenters. The van der Waals surface area contributed by atoms with Crippen LogP contribution >= 0.6 is 0 Å². The molecule has 0 aliphatic heterocycles. The first-order chi connectivity index (χ1) is 13.6. The predicted octanol–water partition coefficient (Wildman–Crippen LogP) is 3.62. The normalized spacial score (nSPS) is 19.7. The third-order valence-electron chi connectivity index (χ3n) is 5.30. The fourth-order valence-electron chi connectivity index (χ4n) is 3.74. The monoisotopic (exact) mass is 380 g/mol. The van der Waals surface area contributed by atoms with Gasteiger partial charge in [0.25, 0.3) is 5.91 Å². The maximum Gasteiger partial charge on any atom is 0.258 e. The van der Waals surface area contributed by atoms with Gasteiger partial charge in [-0.15, -0.1) is 0 Å². The molecule has 1 heterocycles. The molecule has 0 unspecified atom stereocenters. The number of benzene rings is 2. The van der Waals surface area contributed by atoms with Crippen molar-refractivity contribution in [3.63, 3.8) is 0 Å². The second-order valence-electron chi connectivity index (χ2n) is 7.11. The van der Waals surface area contributed by atoms with E-state index in [2.05, 4.69) is 10.3 Å². The van der Waals surface area contributed by atoms with E-state index < -0.39 is 11.7 Å². The molecule has 144 valence electrons. The largest absolute Gasteiger partial charge is 0.496 e. The summed E-state index contributed by atoms with van der Waals surface area (Å²) in [7, 11) is 1.40. The van der Waals surface area contributed by atoms with E-state index in [-0.39, 0.29) is 29.4 Å². The molecule has 1 aliphatic rings. The predicted molar refractivity (Wildman–Crippen MR) is 104 cm³/mol. The van der Waals surface area contributed by atoms with Gasteiger partial charge in [0.05, 0.1) is 24.8 Å². The van der Waals surface area contributed by atoms with Crippen LogP contribution in [0.1, 0.15) is 34.8 Å². The van der Waals surface area contributed by atoms with Gasteiger partial charge in [0.2, 0.25) is 0 Å². The Morgan fingerprint density at radius 2 is 2.04 bits per heavy atom. The van der Waals surface area contributed by atoms with E-state index in [0.717, 1.165) is 16.5 Å². The van der Waals surface area contributed by atoms with E-state index in [9.17, 15) is 14.3 Å². The van der Waals surface area contributed by atoms with E-state index in [1.807, 2.05) is 30.3 Å². The second kappa shape index (κ2) is 7.56. The molecule has 0 spiro atoms. The number of aliphatic hydroxyl groups excluding tert-OH is 1. The molecule has 2 aromatic carbocycles. The maximum absolute atomic E-state index is 14.3. The summed E-state index contributed by atoms with van der Waals surface area (Å²) < 4.78 is 19.5. The number of nitrogens with one attached hydrogen (secondary N) is 1. The fraction of sp³-hybridized carbons (Fsp3) is 0.273. The number of carbonyl (C=O) groups is 1. The highest BCUT2D eigenvalue weighted by Gasteiger charge is 2.36. The van der Waals surface area contributed by atoms with Gasteiger partial charge >= 0.3 is 0 Å². The zero-order chi connectivity index (χ0) is 19.7. The summed E-state index contributed by atoms with van der Waals surface area (Å²) >= 11 is 0. The minimum absolute atomic E-state index is 0.0553. The molecule has 2 N–H and O–H groups in total. The Balaban J connectivity index is 1.68. The van der Waals surface area contributed by atoms with Gasteiger partial charge in [-0.25, -0.2) is 4.39 Å². The molecule has 1 saturated carbocycles. The minimum atomic E-state index is -0.638. The van der Waals surface area contributed by atoms with Crippen molar-refractivity contribution in [3.05, 3.63) is 71.7 Å². The molecule has 1 fully saturated rings. The molecule has 0 radical (unpaired) electrons. The highest BCUT2D eigenvalue weighted by Crippen LogP contribution is 2.39. The number of carbonyl (C=O) groups excluding carboxylic acids is 1. The number of hydrogen-bond donors (Lipinski definition) is 2. The summed E-state index contributed by atoms with van der Waals surface area (Å²) in [6.45, 7) is 0. The van der Waals surface area contributed by atoms with Gasteiger partial charge in [-0.2, -0.15) is 0 Å². The number of amides is 1. The molecule has 0 bridgehead atoms. The van der Waals surface area contributed by atoms with Crippen LogP contribution in [0.15, 0.2) is 54.7 Å². The first kappa shape index (κ1) is 18.4. The minimum Gasteiger partial charge on any atom is -0.496 e. The van der Waals surface area contributed by atoms with Gasteiger partial charge in [-0.1, -0.05) is 24.3 Å². The molecular weight excluding hydrogens is 359 g/mol. The summed E-state index contributed by atoms with van der Waals surface area (Å²) in [5.74, 6) is -0.948. The van der Waals surface area contributed by atoms with Crippen LogP contribution in [-0.4, -0.2) is 29.2 Å². The van der Waals surface area contributed by atoms with Gasteiger partial charge in [0, 0.05) is 11.6 Å². The maximum atomic E-state index is 14.3. The SMILES string of the molecule is COc1cccc(F)c1C(=O)N[C@H](c1cnc2ccccc2c1)C1CC(O)C1. The molecule has 1 aliphatic carbocycles. The number of pyridine rings is 1. The van der Waals surface area contributed by atoms with Crippen molar-refractivity contribution < 1.29 is 19.0 Å². The number of rotatable bonds is 5.